The van der Waals surface area contributed by atoms with E-state index in [4.69, 9.17) is 0 Å². The van der Waals surface area contributed by atoms with Crippen molar-refractivity contribution in [2.75, 3.05) is 7.05 Å². The van der Waals surface area contributed by atoms with Gasteiger partial charge in [-0.1, -0.05) is 6.92 Å². The van der Waals surface area contributed by atoms with Gasteiger partial charge in [-0.05, 0) is 6.92 Å². The molecular weight excluding hydrogens is 74.1 g/mol. The van der Waals surface area contributed by atoms with E-state index in [0.29, 0.717) is 0 Å². The Morgan fingerprint density at radius 1 is 1.67 bits per heavy atom. The summed E-state index contributed by atoms with van der Waals surface area (Å²) in [6.45, 7) is 3.95. The summed E-state index contributed by atoms with van der Waals surface area (Å²) in [6, 6.07) is 0. The second kappa shape index (κ2) is 2.88. The Balaban J connectivity index is 3.22. The zero-order valence-electron chi connectivity index (χ0n) is 4.52. The minimum Gasteiger partial charge on any atom is -0.297 e. The monoisotopic (exact) mass is 84.1 g/mol. The minimum absolute atomic E-state index is 1.09. The van der Waals surface area contributed by atoms with Crippen LogP contribution in [0.15, 0.2) is 4.99 Å². The van der Waals surface area contributed by atoms with Crippen molar-refractivity contribution in [1.29, 1.82) is 0 Å². The summed E-state index contributed by atoms with van der Waals surface area (Å²) >= 11 is 0. The molecule has 0 aromatic rings. The molecule has 0 aliphatic carbocycles. The molecule has 0 fully saturated rings. The summed E-state index contributed by atoms with van der Waals surface area (Å²) in [5.41, 5.74) is 1.09. The van der Waals surface area contributed by atoms with Crippen LogP contribution in [0.2, 0.25) is 0 Å². The average Bonchev–Trinajstić information content (AvgIpc) is 1.65. The molecule has 0 saturated carbocycles. The van der Waals surface area contributed by atoms with E-state index in [9.17, 15) is 0 Å². The second-order valence-corrected chi connectivity index (χ2v) is 1.15. The van der Waals surface area contributed by atoms with E-state index in [1.165, 1.54) is 0 Å². The highest BCUT2D eigenvalue weighted by Gasteiger charge is 1.75. The van der Waals surface area contributed by atoms with Crippen molar-refractivity contribution in [2.24, 2.45) is 4.99 Å². The SMILES string of the molecule is C[CH]/C(C)=N/C. The fraction of sp³-hybridized carbons (Fsp3) is 0.600. The molecular formula is C5H10N. The lowest BCUT2D eigenvalue weighted by Crippen LogP contribution is -1.84. The zero-order valence-corrected chi connectivity index (χ0v) is 4.52. The van der Waals surface area contributed by atoms with E-state index in [0.717, 1.165) is 5.71 Å². The van der Waals surface area contributed by atoms with Crippen LogP contribution in [0.1, 0.15) is 13.8 Å². The van der Waals surface area contributed by atoms with Gasteiger partial charge in [0.2, 0.25) is 0 Å². The maximum atomic E-state index is 3.87. The zero-order chi connectivity index (χ0) is 4.99. The van der Waals surface area contributed by atoms with Gasteiger partial charge in [0.25, 0.3) is 0 Å². The van der Waals surface area contributed by atoms with Crippen LogP contribution in [0.3, 0.4) is 0 Å². The standard InChI is InChI=1S/C5H10N/c1-4-5(2)6-3/h4H,1-3H3/b6-5+. The lowest BCUT2D eigenvalue weighted by atomic mass is 10.3. The van der Waals surface area contributed by atoms with Gasteiger partial charge < -0.3 is 0 Å². The number of hydrogen-bond donors (Lipinski definition) is 0. The molecule has 0 rings (SSSR count). The number of hydrogen-bond acceptors (Lipinski definition) is 1. The molecule has 0 spiro atoms. The number of rotatable bonds is 1. The van der Waals surface area contributed by atoms with Crippen LogP contribution in [0.5, 0.6) is 0 Å². The van der Waals surface area contributed by atoms with E-state index >= 15 is 0 Å². The smallest absolute Gasteiger partial charge is 0.0276 e. The topological polar surface area (TPSA) is 12.4 Å². The third kappa shape index (κ3) is 1.94. The molecule has 0 amide bonds. The van der Waals surface area contributed by atoms with Crippen molar-refractivity contribution < 1.29 is 0 Å². The summed E-state index contributed by atoms with van der Waals surface area (Å²) in [5, 5.41) is 0. The quantitative estimate of drug-likeness (QED) is 0.425. The Hall–Kier alpha value is -0.330. The lowest BCUT2D eigenvalue weighted by Gasteiger charge is -1.83. The molecule has 1 heteroatoms. The van der Waals surface area contributed by atoms with Crippen LogP contribution in [0.4, 0.5) is 0 Å². The highest BCUT2D eigenvalue weighted by atomic mass is 14.7. The van der Waals surface area contributed by atoms with Crippen molar-refractivity contribution in [3.05, 3.63) is 6.42 Å². The predicted octanol–water partition coefficient (Wildman–Crippen LogP) is 1.30. The van der Waals surface area contributed by atoms with Crippen molar-refractivity contribution in [1.82, 2.24) is 0 Å². The van der Waals surface area contributed by atoms with Gasteiger partial charge in [0.1, 0.15) is 0 Å². The largest absolute Gasteiger partial charge is 0.297 e. The first-order chi connectivity index (χ1) is 2.81. The van der Waals surface area contributed by atoms with Crippen molar-refractivity contribution in [2.45, 2.75) is 13.8 Å². The molecule has 0 N–H and O–H groups in total. The molecule has 0 aliphatic rings. The third-order valence-corrected chi connectivity index (χ3v) is 0.770. The van der Waals surface area contributed by atoms with E-state index in [-0.39, 0.29) is 0 Å². The van der Waals surface area contributed by atoms with Crippen LogP contribution in [0.25, 0.3) is 0 Å². The molecule has 35 valence electrons. The van der Waals surface area contributed by atoms with E-state index < -0.39 is 0 Å². The van der Waals surface area contributed by atoms with Crippen LogP contribution >= 0.6 is 0 Å². The summed E-state index contributed by atoms with van der Waals surface area (Å²) in [5.74, 6) is 0. The first-order valence-corrected chi connectivity index (χ1v) is 2.04. The van der Waals surface area contributed by atoms with E-state index in [2.05, 4.69) is 4.99 Å². The Labute approximate surface area is 39.1 Å². The van der Waals surface area contributed by atoms with Gasteiger partial charge in [0.15, 0.2) is 0 Å². The third-order valence-electron chi connectivity index (χ3n) is 0.770. The van der Waals surface area contributed by atoms with Crippen molar-refractivity contribution >= 4 is 5.71 Å². The Kier molecular flexibility index (Phi) is 2.73. The van der Waals surface area contributed by atoms with Gasteiger partial charge in [-0.2, -0.15) is 0 Å². The molecule has 0 heterocycles. The fourth-order valence-electron chi connectivity index (χ4n) is 0.129. The summed E-state index contributed by atoms with van der Waals surface area (Å²) < 4.78 is 0. The van der Waals surface area contributed by atoms with Gasteiger partial charge >= 0.3 is 0 Å². The minimum atomic E-state index is 1.09. The van der Waals surface area contributed by atoms with Crippen LogP contribution < -0.4 is 0 Å². The lowest BCUT2D eigenvalue weighted by molar-refractivity contribution is 1.39. The summed E-state index contributed by atoms with van der Waals surface area (Å²) in [6.07, 6.45) is 1.97. The average molecular weight is 84.1 g/mol. The maximum absolute atomic E-state index is 3.87. The number of aliphatic imine (C=N–C) groups is 1. The molecule has 0 bridgehead atoms. The van der Waals surface area contributed by atoms with Gasteiger partial charge in [-0.15, -0.1) is 0 Å². The van der Waals surface area contributed by atoms with Crippen molar-refractivity contribution in [3.8, 4) is 0 Å². The molecule has 1 radical (unpaired) electrons. The van der Waals surface area contributed by atoms with Crippen molar-refractivity contribution in [3.63, 3.8) is 0 Å². The van der Waals surface area contributed by atoms with Crippen LogP contribution in [-0.4, -0.2) is 12.8 Å². The van der Waals surface area contributed by atoms with Gasteiger partial charge in [-0.3, -0.25) is 4.99 Å². The van der Waals surface area contributed by atoms with Crippen LogP contribution in [0, 0.1) is 6.42 Å². The molecule has 0 saturated heterocycles. The van der Waals surface area contributed by atoms with Gasteiger partial charge in [0, 0.05) is 19.2 Å². The molecule has 0 atom stereocenters. The molecule has 0 unspecified atom stereocenters. The Morgan fingerprint density at radius 3 is 2.17 bits per heavy atom. The molecule has 0 aromatic heterocycles. The Morgan fingerprint density at radius 2 is 2.17 bits per heavy atom. The Bertz CT molecular complexity index is 55.0. The predicted molar refractivity (Wildman–Crippen MR) is 29.0 cm³/mol. The van der Waals surface area contributed by atoms with Gasteiger partial charge in [0.05, 0.1) is 0 Å². The second-order valence-electron chi connectivity index (χ2n) is 1.15. The maximum Gasteiger partial charge on any atom is 0.0276 e. The number of nitrogens with zero attached hydrogens (tertiary/aromatic N) is 1. The summed E-state index contributed by atoms with van der Waals surface area (Å²) in [4.78, 5) is 3.87. The normalized spacial score (nSPS) is 12.2. The highest BCUT2D eigenvalue weighted by molar-refractivity contribution is 5.89. The first-order valence-electron chi connectivity index (χ1n) is 2.04. The molecule has 6 heavy (non-hydrogen) atoms. The summed E-state index contributed by atoms with van der Waals surface area (Å²) in [7, 11) is 1.79. The highest BCUT2D eigenvalue weighted by Crippen LogP contribution is 1.76. The first kappa shape index (κ1) is 5.67. The van der Waals surface area contributed by atoms with E-state index in [1.54, 1.807) is 7.05 Å². The molecule has 1 nitrogen and oxygen atoms in total. The van der Waals surface area contributed by atoms with Gasteiger partial charge in [-0.25, -0.2) is 0 Å². The van der Waals surface area contributed by atoms with E-state index in [1.807, 2.05) is 20.3 Å². The molecule has 0 aliphatic heterocycles. The fourth-order valence-corrected chi connectivity index (χ4v) is 0.129. The molecule has 0 aromatic carbocycles. The van der Waals surface area contributed by atoms with Crippen LogP contribution in [-0.2, 0) is 0 Å².